The molecule has 0 radical (unpaired) electrons. The molecule has 0 N–H and O–H groups in total. The lowest BCUT2D eigenvalue weighted by Gasteiger charge is -2.08. The van der Waals surface area contributed by atoms with Crippen LogP contribution in [0.1, 0.15) is 5.56 Å². The van der Waals surface area contributed by atoms with Crippen LogP contribution in [0.25, 0.3) is 10.2 Å². The van der Waals surface area contributed by atoms with Crippen LogP contribution in [0.5, 0.6) is 5.75 Å². The molecule has 0 atom stereocenters. The Morgan fingerprint density at radius 1 is 1.43 bits per heavy atom. The minimum absolute atomic E-state index is 0.0265. The van der Waals surface area contributed by atoms with Crippen LogP contribution in [0.3, 0.4) is 0 Å². The van der Waals surface area contributed by atoms with Gasteiger partial charge in [0.2, 0.25) is 0 Å². The minimum Gasteiger partial charge on any atom is -0.493 e. The average molecular weight is 343 g/mol. The van der Waals surface area contributed by atoms with Gasteiger partial charge in [0.15, 0.2) is 5.16 Å². The summed E-state index contributed by atoms with van der Waals surface area (Å²) in [7, 11) is 1.73. The van der Waals surface area contributed by atoms with Crippen LogP contribution in [0.4, 0.5) is 0 Å². The number of nitriles is 1. The molecule has 0 amide bonds. The Hall–Kier alpha value is -2.30. The van der Waals surface area contributed by atoms with Gasteiger partial charge in [0.1, 0.15) is 10.6 Å². The second kappa shape index (κ2) is 6.86. The highest BCUT2D eigenvalue weighted by Crippen LogP contribution is 2.20. The molecule has 0 bridgehead atoms. The van der Waals surface area contributed by atoms with E-state index in [0.29, 0.717) is 34.2 Å². The summed E-state index contributed by atoms with van der Waals surface area (Å²) in [5.74, 6) is 1.33. The Bertz CT molecular complexity index is 940. The zero-order chi connectivity index (χ0) is 16.2. The van der Waals surface area contributed by atoms with Crippen molar-refractivity contribution in [2.24, 2.45) is 7.05 Å². The molecule has 0 spiro atoms. The second-order valence-corrected chi connectivity index (χ2v) is 6.69. The van der Waals surface area contributed by atoms with Gasteiger partial charge in [-0.25, -0.2) is 4.98 Å². The van der Waals surface area contributed by atoms with Crippen molar-refractivity contribution >= 4 is 33.3 Å². The highest BCUT2D eigenvalue weighted by atomic mass is 32.2. The standard InChI is InChI=1S/C16H13N3O2S2/c1-19-15(20)13-5-7-22-14(13)18-16(19)23-8-6-21-12-4-2-3-11(9-12)10-17/h2-5,7,9H,6,8H2,1H3. The maximum Gasteiger partial charge on any atom is 0.262 e. The fourth-order valence-electron chi connectivity index (χ4n) is 2.06. The van der Waals surface area contributed by atoms with E-state index in [-0.39, 0.29) is 5.56 Å². The van der Waals surface area contributed by atoms with Crippen LogP contribution < -0.4 is 10.3 Å². The Kier molecular flexibility index (Phi) is 4.65. The van der Waals surface area contributed by atoms with Gasteiger partial charge in [-0.05, 0) is 29.6 Å². The van der Waals surface area contributed by atoms with Crippen molar-refractivity contribution in [3.05, 3.63) is 51.6 Å². The fourth-order valence-corrected chi connectivity index (χ4v) is 3.65. The molecule has 3 aromatic rings. The predicted molar refractivity (Wildman–Crippen MR) is 92.2 cm³/mol. The predicted octanol–water partition coefficient (Wildman–Crippen LogP) is 3.04. The van der Waals surface area contributed by atoms with Gasteiger partial charge < -0.3 is 4.74 Å². The third-order valence-electron chi connectivity index (χ3n) is 3.21. The first-order chi connectivity index (χ1) is 11.2. The van der Waals surface area contributed by atoms with Crippen LogP contribution in [-0.2, 0) is 7.05 Å². The molecule has 0 fully saturated rings. The van der Waals surface area contributed by atoms with E-state index in [1.807, 2.05) is 11.4 Å². The van der Waals surface area contributed by atoms with E-state index >= 15 is 0 Å². The molecule has 2 aromatic heterocycles. The molecule has 0 saturated heterocycles. The number of hydrogen-bond acceptors (Lipinski definition) is 6. The largest absolute Gasteiger partial charge is 0.493 e. The Balaban J connectivity index is 1.64. The molecule has 116 valence electrons. The summed E-state index contributed by atoms with van der Waals surface area (Å²) in [5, 5.41) is 12.1. The smallest absolute Gasteiger partial charge is 0.262 e. The molecule has 1 aromatic carbocycles. The van der Waals surface area contributed by atoms with Gasteiger partial charge in [-0.15, -0.1) is 11.3 Å². The van der Waals surface area contributed by atoms with Gasteiger partial charge in [-0.1, -0.05) is 17.8 Å². The number of rotatable bonds is 5. The molecule has 7 heteroatoms. The van der Waals surface area contributed by atoms with E-state index in [4.69, 9.17) is 10.00 Å². The number of aromatic nitrogens is 2. The summed E-state index contributed by atoms with van der Waals surface area (Å²) < 4.78 is 7.19. The van der Waals surface area contributed by atoms with E-state index in [0.717, 1.165) is 4.83 Å². The summed E-state index contributed by atoms with van der Waals surface area (Å²) in [6, 6.07) is 10.9. The zero-order valence-corrected chi connectivity index (χ0v) is 14.0. The van der Waals surface area contributed by atoms with Crippen molar-refractivity contribution in [1.82, 2.24) is 9.55 Å². The number of thiophene rings is 1. The van der Waals surface area contributed by atoms with E-state index in [9.17, 15) is 4.79 Å². The zero-order valence-electron chi connectivity index (χ0n) is 12.4. The number of benzene rings is 1. The molecule has 3 rings (SSSR count). The molecule has 0 aliphatic heterocycles. The molecule has 0 unspecified atom stereocenters. The van der Waals surface area contributed by atoms with Crippen LogP contribution in [0.15, 0.2) is 45.7 Å². The maximum absolute atomic E-state index is 12.2. The van der Waals surface area contributed by atoms with Gasteiger partial charge in [0, 0.05) is 12.8 Å². The number of fused-ring (bicyclic) bond motifs is 1. The van der Waals surface area contributed by atoms with Gasteiger partial charge in [0.05, 0.1) is 23.6 Å². The third-order valence-corrected chi connectivity index (χ3v) is 5.01. The van der Waals surface area contributed by atoms with Gasteiger partial charge in [-0.2, -0.15) is 5.26 Å². The quantitative estimate of drug-likeness (QED) is 0.405. The Morgan fingerprint density at radius 2 is 2.30 bits per heavy atom. The molecule has 5 nitrogen and oxygen atoms in total. The topological polar surface area (TPSA) is 67.9 Å². The van der Waals surface area contributed by atoms with Crippen molar-refractivity contribution in [2.75, 3.05) is 12.4 Å². The lowest BCUT2D eigenvalue weighted by atomic mass is 10.2. The molecular formula is C16H13N3O2S2. The van der Waals surface area contributed by atoms with Crippen molar-refractivity contribution in [3.63, 3.8) is 0 Å². The number of hydrogen-bond donors (Lipinski definition) is 0. The van der Waals surface area contributed by atoms with Crippen molar-refractivity contribution in [3.8, 4) is 11.8 Å². The molecule has 0 aliphatic rings. The summed E-state index contributed by atoms with van der Waals surface area (Å²) in [6.07, 6.45) is 0. The maximum atomic E-state index is 12.2. The van der Waals surface area contributed by atoms with Crippen molar-refractivity contribution in [1.29, 1.82) is 5.26 Å². The highest BCUT2D eigenvalue weighted by Gasteiger charge is 2.09. The molecule has 23 heavy (non-hydrogen) atoms. The van der Waals surface area contributed by atoms with Crippen LogP contribution in [-0.4, -0.2) is 21.9 Å². The van der Waals surface area contributed by atoms with Crippen molar-refractivity contribution in [2.45, 2.75) is 5.16 Å². The van der Waals surface area contributed by atoms with E-state index < -0.39 is 0 Å². The second-order valence-electron chi connectivity index (χ2n) is 4.73. The van der Waals surface area contributed by atoms with Crippen molar-refractivity contribution < 1.29 is 4.74 Å². The number of thioether (sulfide) groups is 1. The Morgan fingerprint density at radius 3 is 3.13 bits per heavy atom. The van der Waals surface area contributed by atoms with E-state index in [2.05, 4.69) is 11.1 Å². The van der Waals surface area contributed by atoms with Crippen LogP contribution in [0, 0.1) is 11.3 Å². The first-order valence-electron chi connectivity index (χ1n) is 6.89. The molecule has 0 saturated carbocycles. The van der Waals surface area contributed by atoms with Crippen LogP contribution >= 0.6 is 23.1 Å². The first-order valence-corrected chi connectivity index (χ1v) is 8.75. The van der Waals surface area contributed by atoms with Gasteiger partial charge >= 0.3 is 0 Å². The summed E-state index contributed by atoms with van der Waals surface area (Å²) in [6.45, 7) is 0.470. The lowest BCUT2D eigenvalue weighted by molar-refractivity contribution is 0.343. The molecule has 2 heterocycles. The SMILES string of the molecule is Cn1c(SCCOc2cccc(C#N)c2)nc2sccc2c1=O. The van der Waals surface area contributed by atoms with Gasteiger partial charge in [0.25, 0.3) is 5.56 Å². The first kappa shape index (κ1) is 15.6. The normalized spacial score (nSPS) is 10.6. The summed E-state index contributed by atoms with van der Waals surface area (Å²) in [5.41, 5.74) is 0.545. The minimum atomic E-state index is -0.0265. The fraction of sp³-hybridized carbons (Fsp3) is 0.188. The average Bonchev–Trinajstić information content (AvgIpc) is 3.04. The number of ether oxygens (including phenoxy) is 1. The Labute approximate surface area is 141 Å². The third kappa shape index (κ3) is 3.38. The highest BCUT2D eigenvalue weighted by molar-refractivity contribution is 7.99. The molecular weight excluding hydrogens is 330 g/mol. The summed E-state index contributed by atoms with van der Waals surface area (Å²) >= 11 is 2.94. The summed E-state index contributed by atoms with van der Waals surface area (Å²) in [4.78, 5) is 17.5. The lowest BCUT2D eigenvalue weighted by Crippen LogP contribution is -2.19. The van der Waals surface area contributed by atoms with Gasteiger partial charge in [-0.3, -0.25) is 9.36 Å². The van der Waals surface area contributed by atoms with Crippen LogP contribution in [0.2, 0.25) is 0 Å². The van der Waals surface area contributed by atoms with E-state index in [1.165, 1.54) is 23.1 Å². The molecule has 0 aliphatic carbocycles. The number of nitrogens with zero attached hydrogens (tertiary/aromatic N) is 3. The van der Waals surface area contributed by atoms with E-state index in [1.54, 1.807) is 35.9 Å². The monoisotopic (exact) mass is 343 g/mol.